The maximum atomic E-state index is 10.7. The van der Waals surface area contributed by atoms with Gasteiger partial charge in [0.05, 0.1) is 11.0 Å². The molecule has 1 saturated carbocycles. The van der Waals surface area contributed by atoms with Gasteiger partial charge in [-0.15, -0.1) is 0 Å². The highest BCUT2D eigenvalue weighted by Gasteiger charge is 2.25. The van der Waals surface area contributed by atoms with E-state index < -0.39 is 4.92 Å². The SMILES string of the molecule is CN(CCOc1cc(N)cc([N+](=O)[O-])c1)C1CC1. The van der Waals surface area contributed by atoms with Crippen LogP contribution in [-0.4, -0.2) is 36.1 Å². The lowest BCUT2D eigenvalue weighted by Crippen LogP contribution is -2.26. The molecule has 0 unspecified atom stereocenters. The molecule has 0 aliphatic heterocycles. The fourth-order valence-electron chi connectivity index (χ4n) is 1.80. The lowest BCUT2D eigenvalue weighted by Gasteiger charge is -2.15. The van der Waals surface area contributed by atoms with E-state index in [9.17, 15) is 10.1 Å². The number of rotatable bonds is 6. The number of likely N-dealkylation sites (N-methyl/N-ethyl adjacent to an activating group) is 1. The molecular weight excluding hydrogens is 234 g/mol. The van der Waals surface area contributed by atoms with E-state index in [-0.39, 0.29) is 5.69 Å². The van der Waals surface area contributed by atoms with Crippen molar-refractivity contribution in [3.8, 4) is 5.75 Å². The number of ether oxygens (including phenoxy) is 1. The molecule has 0 aromatic heterocycles. The topological polar surface area (TPSA) is 81.6 Å². The Hall–Kier alpha value is -1.82. The molecule has 2 rings (SSSR count). The normalized spacial score (nSPS) is 14.8. The van der Waals surface area contributed by atoms with E-state index in [0.717, 1.165) is 6.54 Å². The van der Waals surface area contributed by atoms with Crippen molar-refractivity contribution in [2.24, 2.45) is 0 Å². The maximum absolute atomic E-state index is 10.7. The van der Waals surface area contributed by atoms with E-state index in [0.29, 0.717) is 24.1 Å². The second-order valence-electron chi connectivity index (χ2n) is 4.58. The highest BCUT2D eigenvalue weighted by molar-refractivity contribution is 5.53. The standard InChI is InChI=1S/C12H17N3O3/c1-14(10-2-3-10)4-5-18-12-7-9(13)6-11(8-12)15(16)17/h6-8,10H,2-5,13H2,1H3. The molecule has 1 aliphatic rings. The second-order valence-corrected chi connectivity index (χ2v) is 4.58. The van der Waals surface area contributed by atoms with Crippen molar-refractivity contribution < 1.29 is 9.66 Å². The highest BCUT2D eigenvalue weighted by atomic mass is 16.6. The fourth-order valence-corrected chi connectivity index (χ4v) is 1.80. The third-order valence-electron chi connectivity index (χ3n) is 3.01. The van der Waals surface area contributed by atoms with Crippen LogP contribution in [-0.2, 0) is 0 Å². The first-order chi connectivity index (χ1) is 8.56. The quantitative estimate of drug-likeness (QED) is 0.472. The van der Waals surface area contributed by atoms with E-state index in [1.54, 1.807) is 6.07 Å². The summed E-state index contributed by atoms with van der Waals surface area (Å²) in [6.07, 6.45) is 2.50. The van der Waals surface area contributed by atoms with E-state index in [4.69, 9.17) is 10.5 Å². The summed E-state index contributed by atoms with van der Waals surface area (Å²) in [5.41, 5.74) is 5.89. The van der Waals surface area contributed by atoms with Gasteiger partial charge in [0.2, 0.25) is 0 Å². The van der Waals surface area contributed by atoms with Gasteiger partial charge in [-0.2, -0.15) is 0 Å². The summed E-state index contributed by atoms with van der Waals surface area (Å²) in [6.45, 7) is 1.32. The maximum Gasteiger partial charge on any atom is 0.275 e. The molecule has 0 saturated heterocycles. The number of nitro groups is 1. The number of nitro benzene ring substituents is 1. The predicted molar refractivity (Wildman–Crippen MR) is 68.7 cm³/mol. The van der Waals surface area contributed by atoms with Gasteiger partial charge in [-0.25, -0.2) is 0 Å². The summed E-state index contributed by atoms with van der Waals surface area (Å²) >= 11 is 0. The van der Waals surface area contributed by atoms with Crippen LogP contribution in [0.5, 0.6) is 5.75 Å². The van der Waals surface area contributed by atoms with Gasteiger partial charge in [-0.05, 0) is 19.9 Å². The number of anilines is 1. The van der Waals surface area contributed by atoms with Crippen molar-refractivity contribution in [1.82, 2.24) is 4.90 Å². The number of benzene rings is 1. The molecule has 6 nitrogen and oxygen atoms in total. The minimum absolute atomic E-state index is 0.0412. The molecule has 1 aromatic carbocycles. The van der Waals surface area contributed by atoms with Gasteiger partial charge in [0.25, 0.3) is 5.69 Å². The molecule has 0 amide bonds. The molecule has 18 heavy (non-hydrogen) atoms. The first-order valence-electron chi connectivity index (χ1n) is 5.94. The molecule has 1 fully saturated rings. The molecule has 1 aromatic rings. The van der Waals surface area contributed by atoms with Crippen molar-refractivity contribution in [2.45, 2.75) is 18.9 Å². The zero-order chi connectivity index (χ0) is 13.1. The van der Waals surface area contributed by atoms with Gasteiger partial charge >= 0.3 is 0 Å². The van der Waals surface area contributed by atoms with Gasteiger partial charge < -0.3 is 15.4 Å². The summed E-state index contributed by atoms with van der Waals surface area (Å²) in [4.78, 5) is 12.4. The lowest BCUT2D eigenvalue weighted by atomic mass is 10.2. The van der Waals surface area contributed by atoms with Crippen molar-refractivity contribution in [1.29, 1.82) is 0 Å². The Bertz CT molecular complexity index is 446. The van der Waals surface area contributed by atoms with Crippen LogP contribution in [0.4, 0.5) is 11.4 Å². The van der Waals surface area contributed by atoms with Gasteiger partial charge in [-0.3, -0.25) is 10.1 Å². The molecule has 0 heterocycles. The number of hydrogen-bond donors (Lipinski definition) is 1. The second kappa shape index (κ2) is 5.22. The molecule has 6 heteroatoms. The Morgan fingerprint density at radius 3 is 2.83 bits per heavy atom. The molecule has 0 bridgehead atoms. The largest absolute Gasteiger partial charge is 0.492 e. The Morgan fingerprint density at radius 2 is 2.22 bits per heavy atom. The average Bonchev–Trinajstić information content (AvgIpc) is 3.11. The van der Waals surface area contributed by atoms with Crippen molar-refractivity contribution in [2.75, 3.05) is 25.9 Å². The van der Waals surface area contributed by atoms with Crippen LogP contribution in [0.25, 0.3) is 0 Å². The number of nitrogens with two attached hydrogens (primary N) is 1. The molecule has 98 valence electrons. The van der Waals surface area contributed by atoms with E-state index in [1.807, 2.05) is 0 Å². The Kier molecular flexibility index (Phi) is 3.66. The zero-order valence-electron chi connectivity index (χ0n) is 10.3. The first-order valence-corrected chi connectivity index (χ1v) is 5.94. The van der Waals surface area contributed by atoms with Crippen LogP contribution in [0.2, 0.25) is 0 Å². The van der Waals surface area contributed by atoms with Crippen LogP contribution < -0.4 is 10.5 Å². The van der Waals surface area contributed by atoms with Crippen molar-refractivity contribution >= 4 is 11.4 Å². The summed E-state index contributed by atoms with van der Waals surface area (Å²) < 4.78 is 5.50. The molecule has 0 spiro atoms. The van der Waals surface area contributed by atoms with Crippen LogP contribution in [0.3, 0.4) is 0 Å². The zero-order valence-corrected chi connectivity index (χ0v) is 10.3. The molecular formula is C12H17N3O3. The number of hydrogen-bond acceptors (Lipinski definition) is 5. The number of nitrogens with zero attached hydrogens (tertiary/aromatic N) is 2. The predicted octanol–water partition coefficient (Wildman–Crippen LogP) is 1.65. The van der Waals surface area contributed by atoms with E-state index in [2.05, 4.69) is 11.9 Å². The summed E-state index contributed by atoms with van der Waals surface area (Å²) in [6, 6.07) is 5.00. The molecule has 0 atom stereocenters. The summed E-state index contributed by atoms with van der Waals surface area (Å²) in [7, 11) is 2.06. The Labute approximate surface area is 105 Å². The van der Waals surface area contributed by atoms with E-state index >= 15 is 0 Å². The first kappa shape index (κ1) is 12.6. The van der Waals surface area contributed by atoms with Crippen molar-refractivity contribution in [3.63, 3.8) is 0 Å². The van der Waals surface area contributed by atoms with E-state index in [1.165, 1.54) is 25.0 Å². The van der Waals surface area contributed by atoms with Gasteiger partial charge in [0.15, 0.2) is 0 Å². The van der Waals surface area contributed by atoms with Crippen LogP contribution in [0.15, 0.2) is 18.2 Å². The third kappa shape index (κ3) is 3.33. The third-order valence-corrected chi connectivity index (χ3v) is 3.01. The molecule has 0 radical (unpaired) electrons. The molecule has 1 aliphatic carbocycles. The smallest absolute Gasteiger partial charge is 0.275 e. The Balaban J connectivity index is 1.89. The summed E-state index contributed by atoms with van der Waals surface area (Å²) in [5.74, 6) is 0.450. The van der Waals surface area contributed by atoms with Crippen LogP contribution >= 0.6 is 0 Å². The Morgan fingerprint density at radius 1 is 1.50 bits per heavy atom. The van der Waals surface area contributed by atoms with Gasteiger partial charge in [0, 0.05) is 30.4 Å². The highest BCUT2D eigenvalue weighted by Crippen LogP contribution is 2.26. The minimum atomic E-state index is -0.473. The van der Waals surface area contributed by atoms with Gasteiger partial charge in [-0.1, -0.05) is 0 Å². The number of non-ortho nitro benzene ring substituents is 1. The minimum Gasteiger partial charge on any atom is -0.492 e. The number of nitrogen functional groups attached to an aromatic ring is 1. The molecule has 2 N–H and O–H groups in total. The lowest BCUT2D eigenvalue weighted by molar-refractivity contribution is -0.384. The van der Waals surface area contributed by atoms with Crippen LogP contribution in [0.1, 0.15) is 12.8 Å². The van der Waals surface area contributed by atoms with Crippen molar-refractivity contribution in [3.05, 3.63) is 28.3 Å². The summed E-state index contributed by atoms with van der Waals surface area (Å²) in [5, 5.41) is 10.7. The average molecular weight is 251 g/mol. The van der Waals surface area contributed by atoms with Gasteiger partial charge in [0.1, 0.15) is 12.4 Å². The van der Waals surface area contributed by atoms with Crippen LogP contribution in [0, 0.1) is 10.1 Å². The monoisotopic (exact) mass is 251 g/mol. The fraction of sp³-hybridized carbons (Fsp3) is 0.500.